The van der Waals surface area contributed by atoms with Crippen LogP contribution in [0.4, 0.5) is 11.4 Å². The van der Waals surface area contributed by atoms with Crippen LogP contribution in [0.1, 0.15) is 38.5 Å². The van der Waals surface area contributed by atoms with Gasteiger partial charge in [-0.2, -0.15) is 0 Å². The van der Waals surface area contributed by atoms with E-state index in [1.54, 1.807) is 0 Å². The molecule has 0 spiro atoms. The van der Waals surface area contributed by atoms with Crippen LogP contribution in [-0.4, -0.2) is 55.8 Å². The Kier molecular flexibility index (Phi) is 6.54. The van der Waals surface area contributed by atoms with Crippen molar-refractivity contribution in [2.75, 3.05) is 37.4 Å². The van der Waals surface area contributed by atoms with E-state index in [1.165, 1.54) is 6.42 Å². The molecular formula is C21H30N4O3. The number of rotatable bonds is 6. The number of likely N-dealkylation sites (tertiary alicyclic amines) is 1. The molecule has 0 aromatic heterocycles. The number of anilines is 2. The second-order valence-electron chi connectivity index (χ2n) is 7.95. The number of hydrogen-bond acceptors (Lipinski definition) is 4. The van der Waals surface area contributed by atoms with Crippen LogP contribution in [-0.2, 0) is 14.4 Å². The largest absolute Gasteiger partial charge is 0.378 e. The Bertz CT molecular complexity index is 711. The van der Waals surface area contributed by atoms with Crippen LogP contribution >= 0.6 is 0 Å². The van der Waals surface area contributed by atoms with Crippen molar-refractivity contribution in [1.82, 2.24) is 10.2 Å². The van der Waals surface area contributed by atoms with Crippen molar-refractivity contribution >= 4 is 29.1 Å². The second kappa shape index (κ2) is 9.08. The lowest BCUT2D eigenvalue weighted by molar-refractivity contribution is -0.130. The first-order valence-electron chi connectivity index (χ1n) is 10.1. The van der Waals surface area contributed by atoms with Gasteiger partial charge in [-0.25, -0.2) is 0 Å². The van der Waals surface area contributed by atoms with Gasteiger partial charge in [-0.15, -0.1) is 0 Å². The minimum atomic E-state index is -0.360. The van der Waals surface area contributed by atoms with Crippen LogP contribution in [0, 0.1) is 5.92 Å². The predicted molar refractivity (Wildman–Crippen MR) is 109 cm³/mol. The SMILES string of the molecule is CN(C)c1ccc(NC(=O)CNC(=O)C2CC(=O)N(C3CCCCC3)C2)cc1. The highest BCUT2D eigenvalue weighted by molar-refractivity contribution is 5.96. The third-order valence-electron chi connectivity index (χ3n) is 5.64. The van der Waals surface area contributed by atoms with Gasteiger partial charge in [0.05, 0.1) is 12.5 Å². The highest BCUT2D eigenvalue weighted by Crippen LogP contribution is 2.28. The van der Waals surface area contributed by atoms with E-state index >= 15 is 0 Å². The Hall–Kier alpha value is -2.57. The molecule has 0 bridgehead atoms. The van der Waals surface area contributed by atoms with Gasteiger partial charge in [0.25, 0.3) is 0 Å². The quantitative estimate of drug-likeness (QED) is 0.783. The minimum Gasteiger partial charge on any atom is -0.378 e. The normalized spacial score (nSPS) is 20.1. The van der Waals surface area contributed by atoms with Crippen molar-refractivity contribution in [1.29, 1.82) is 0 Å². The number of nitrogens with one attached hydrogen (secondary N) is 2. The van der Waals surface area contributed by atoms with E-state index in [1.807, 2.05) is 48.2 Å². The van der Waals surface area contributed by atoms with E-state index in [0.29, 0.717) is 12.2 Å². The molecule has 2 fully saturated rings. The van der Waals surface area contributed by atoms with E-state index in [4.69, 9.17) is 0 Å². The van der Waals surface area contributed by atoms with Gasteiger partial charge in [0.1, 0.15) is 0 Å². The smallest absolute Gasteiger partial charge is 0.243 e. The number of nitrogens with zero attached hydrogens (tertiary/aromatic N) is 2. The topological polar surface area (TPSA) is 81.8 Å². The molecular weight excluding hydrogens is 356 g/mol. The summed E-state index contributed by atoms with van der Waals surface area (Å²) < 4.78 is 0. The second-order valence-corrected chi connectivity index (χ2v) is 7.95. The van der Waals surface area contributed by atoms with Crippen molar-refractivity contribution in [3.8, 4) is 0 Å². The molecule has 1 aromatic carbocycles. The number of hydrogen-bond donors (Lipinski definition) is 2. The summed E-state index contributed by atoms with van der Waals surface area (Å²) >= 11 is 0. The molecule has 7 heteroatoms. The molecule has 1 saturated heterocycles. The Balaban J connectivity index is 1.44. The Labute approximate surface area is 166 Å². The number of benzene rings is 1. The molecule has 3 amide bonds. The lowest BCUT2D eigenvalue weighted by atomic mass is 9.94. The summed E-state index contributed by atoms with van der Waals surface area (Å²) in [6, 6.07) is 7.77. The fraction of sp³-hybridized carbons (Fsp3) is 0.571. The molecule has 28 heavy (non-hydrogen) atoms. The Morgan fingerprint density at radius 1 is 1.11 bits per heavy atom. The van der Waals surface area contributed by atoms with Crippen LogP contribution in [0.15, 0.2) is 24.3 Å². The summed E-state index contributed by atoms with van der Waals surface area (Å²) in [5.41, 5.74) is 1.73. The van der Waals surface area contributed by atoms with E-state index < -0.39 is 0 Å². The highest BCUT2D eigenvalue weighted by atomic mass is 16.2. The molecule has 2 N–H and O–H groups in total. The number of carbonyl (C=O) groups excluding carboxylic acids is 3. The number of carbonyl (C=O) groups is 3. The summed E-state index contributed by atoms with van der Waals surface area (Å²) in [6.45, 7) is 0.380. The predicted octanol–water partition coefficient (Wildman–Crippen LogP) is 1.99. The fourth-order valence-electron chi connectivity index (χ4n) is 4.01. The first-order valence-corrected chi connectivity index (χ1v) is 10.1. The van der Waals surface area contributed by atoms with Crippen molar-refractivity contribution in [3.63, 3.8) is 0 Å². The third kappa shape index (κ3) is 5.03. The molecule has 152 valence electrons. The molecule has 1 saturated carbocycles. The van der Waals surface area contributed by atoms with Crippen LogP contribution < -0.4 is 15.5 Å². The van der Waals surface area contributed by atoms with Crippen LogP contribution in [0.5, 0.6) is 0 Å². The summed E-state index contributed by atoms with van der Waals surface area (Å²) in [4.78, 5) is 40.7. The van der Waals surface area contributed by atoms with Gasteiger partial charge in [-0.1, -0.05) is 19.3 Å². The average molecular weight is 386 g/mol. The zero-order chi connectivity index (χ0) is 20.1. The van der Waals surface area contributed by atoms with Gasteiger partial charge in [-0.05, 0) is 37.1 Å². The van der Waals surface area contributed by atoms with Gasteiger partial charge in [0, 0.05) is 44.5 Å². The summed E-state index contributed by atoms with van der Waals surface area (Å²) in [7, 11) is 3.90. The van der Waals surface area contributed by atoms with E-state index in [9.17, 15) is 14.4 Å². The monoisotopic (exact) mass is 386 g/mol. The van der Waals surface area contributed by atoms with Crippen molar-refractivity contribution in [2.24, 2.45) is 5.92 Å². The van der Waals surface area contributed by atoms with Crippen LogP contribution in [0.25, 0.3) is 0 Å². The first kappa shape index (κ1) is 20.2. The number of amides is 3. The maximum Gasteiger partial charge on any atom is 0.243 e. The molecule has 1 heterocycles. The van der Waals surface area contributed by atoms with Gasteiger partial charge in [0.15, 0.2) is 0 Å². The van der Waals surface area contributed by atoms with Crippen molar-refractivity contribution < 1.29 is 14.4 Å². The molecule has 1 aromatic rings. The maximum absolute atomic E-state index is 12.4. The van der Waals surface area contributed by atoms with Gasteiger partial charge in [0.2, 0.25) is 17.7 Å². The van der Waals surface area contributed by atoms with Gasteiger partial charge in [-0.3, -0.25) is 14.4 Å². The molecule has 3 rings (SSSR count). The Morgan fingerprint density at radius 3 is 2.43 bits per heavy atom. The summed E-state index contributed by atoms with van der Waals surface area (Å²) in [5, 5.41) is 5.45. The Morgan fingerprint density at radius 2 is 1.79 bits per heavy atom. The van der Waals surface area contributed by atoms with Crippen molar-refractivity contribution in [3.05, 3.63) is 24.3 Å². The molecule has 0 radical (unpaired) electrons. The standard InChI is InChI=1S/C21H30N4O3/c1-24(2)17-10-8-16(9-11-17)23-19(26)13-22-21(28)15-12-20(27)25(14-15)18-6-4-3-5-7-18/h8-11,15,18H,3-7,12-14H2,1-2H3,(H,22,28)(H,23,26). The summed E-state index contributed by atoms with van der Waals surface area (Å²) in [6.07, 6.45) is 5.86. The molecule has 1 atom stereocenters. The van der Waals surface area contributed by atoms with Crippen molar-refractivity contribution in [2.45, 2.75) is 44.6 Å². The fourth-order valence-corrected chi connectivity index (χ4v) is 4.01. The minimum absolute atomic E-state index is 0.0671. The van der Waals surface area contributed by atoms with Crippen LogP contribution in [0.3, 0.4) is 0 Å². The first-order chi connectivity index (χ1) is 13.4. The molecule has 1 aliphatic heterocycles. The van der Waals surface area contributed by atoms with E-state index in [2.05, 4.69) is 10.6 Å². The zero-order valence-corrected chi connectivity index (χ0v) is 16.7. The highest BCUT2D eigenvalue weighted by Gasteiger charge is 2.38. The molecule has 2 aliphatic rings. The summed E-state index contributed by atoms with van der Waals surface area (Å²) in [5.74, 6) is -0.789. The van der Waals surface area contributed by atoms with Gasteiger partial charge >= 0.3 is 0 Å². The molecule has 1 unspecified atom stereocenters. The van der Waals surface area contributed by atoms with Crippen LogP contribution in [0.2, 0.25) is 0 Å². The lowest BCUT2D eigenvalue weighted by Gasteiger charge is -2.31. The third-order valence-corrected chi connectivity index (χ3v) is 5.64. The zero-order valence-electron chi connectivity index (χ0n) is 16.7. The van der Waals surface area contributed by atoms with Gasteiger partial charge < -0.3 is 20.4 Å². The van der Waals surface area contributed by atoms with E-state index in [0.717, 1.165) is 31.4 Å². The average Bonchev–Trinajstić information content (AvgIpc) is 3.09. The molecule has 1 aliphatic carbocycles. The molecule has 7 nitrogen and oxygen atoms in total. The maximum atomic E-state index is 12.4. The lowest BCUT2D eigenvalue weighted by Crippen LogP contribution is -2.40. The van der Waals surface area contributed by atoms with E-state index in [-0.39, 0.29) is 42.6 Å².